The van der Waals surface area contributed by atoms with E-state index >= 15 is 0 Å². The molecule has 3 aromatic rings. The second kappa shape index (κ2) is 8.06. The largest absolute Gasteiger partial charge is 0.324 e. The fraction of sp³-hybridized carbons (Fsp3) is 0.200. The number of aromatic nitrogens is 3. The van der Waals surface area contributed by atoms with Gasteiger partial charge in [-0.25, -0.2) is 0 Å². The molecule has 0 saturated heterocycles. The summed E-state index contributed by atoms with van der Waals surface area (Å²) in [4.78, 5) is 13.4. The van der Waals surface area contributed by atoms with Crippen molar-refractivity contribution in [3.63, 3.8) is 0 Å². The third kappa shape index (κ3) is 4.54. The normalized spacial score (nSPS) is 10.3. The predicted molar refractivity (Wildman–Crippen MR) is 110 cm³/mol. The summed E-state index contributed by atoms with van der Waals surface area (Å²) >= 11 is 1.45. The number of hydrogen-bond donors (Lipinski definition) is 2. The van der Waals surface area contributed by atoms with Crippen molar-refractivity contribution in [1.82, 2.24) is 15.0 Å². The van der Waals surface area contributed by atoms with Gasteiger partial charge in [0.2, 0.25) is 11.9 Å². The van der Waals surface area contributed by atoms with Crippen LogP contribution in [0.25, 0.3) is 0 Å². The lowest BCUT2D eigenvalue weighted by atomic mass is 10.1. The van der Waals surface area contributed by atoms with E-state index in [1.165, 1.54) is 17.3 Å². The molecule has 0 spiro atoms. The molecule has 0 fully saturated rings. The van der Waals surface area contributed by atoms with Crippen molar-refractivity contribution in [3.8, 4) is 6.07 Å². The second-order valence-corrected chi connectivity index (χ2v) is 6.96. The third-order valence-electron chi connectivity index (χ3n) is 3.98. The number of aryl methyl sites for hydroxylation is 3. The number of benzene rings is 2. The summed E-state index contributed by atoms with van der Waals surface area (Å²) in [7, 11) is 0. The van der Waals surface area contributed by atoms with Gasteiger partial charge in [0.25, 0.3) is 0 Å². The summed E-state index contributed by atoms with van der Waals surface area (Å²) < 4.78 is 0. The zero-order valence-electron chi connectivity index (χ0n) is 15.7. The highest BCUT2D eigenvalue weighted by Crippen LogP contribution is 2.26. The Morgan fingerprint density at radius 2 is 1.48 bits per heavy atom. The molecule has 2 aromatic carbocycles. The van der Waals surface area contributed by atoms with E-state index in [1.54, 1.807) is 12.1 Å². The first kappa shape index (κ1) is 18.7. The monoisotopic (exact) mass is 376 g/mol. The van der Waals surface area contributed by atoms with Gasteiger partial charge in [0.05, 0.1) is 11.6 Å². The van der Waals surface area contributed by atoms with Crippen molar-refractivity contribution < 1.29 is 0 Å². The molecule has 3 rings (SSSR count). The molecule has 27 heavy (non-hydrogen) atoms. The highest BCUT2D eigenvalue weighted by Gasteiger charge is 2.10. The lowest BCUT2D eigenvalue weighted by Gasteiger charge is -2.14. The fourth-order valence-electron chi connectivity index (χ4n) is 2.81. The van der Waals surface area contributed by atoms with Gasteiger partial charge in [0, 0.05) is 11.4 Å². The molecule has 0 atom stereocenters. The number of nitrogens with one attached hydrogen (secondary N) is 2. The minimum atomic E-state index is 0.448. The Labute approximate surface area is 163 Å². The molecule has 0 unspecified atom stereocenters. The van der Waals surface area contributed by atoms with Crippen LogP contribution in [0.15, 0.2) is 41.6 Å². The summed E-state index contributed by atoms with van der Waals surface area (Å²) in [5.41, 5.74) is 5.91. The van der Waals surface area contributed by atoms with Gasteiger partial charge < -0.3 is 10.6 Å². The summed E-state index contributed by atoms with van der Waals surface area (Å²) in [6.45, 7) is 6.21. The van der Waals surface area contributed by atoms with Crippen LogP contribution in [0.2, 0.25) is 0 Å². The van der Waals surface area contributed by atoms with Crippen molar-refractivity contribution in [2.24, 2.45) is 0 Å². The smallest absolute Gasteiger partial charge is 0.233 e. The molecule has 2 N–H and O–H groups in total. The van der Waals surface area contributed by atoms with E-state index in [4.69, 9.17) is 5.26 Å². The van der Waals surface area contributed by atoms with Crippen LogP contribution in [0.4, 0.5) is 23.3 Å². The Kier molecular flexibility index (Phi) is 5.57. The van der Waals surface area contributed by atoms with Crippen LogP contribution < -0.4 is 10.6 Å². The quantitative estimate of drug-likeness (QED) is 0.614. The average Bonchev–Trinajstić information content (AvgIpc) is 2.65. The molecule has 6 nitrogen and oxygen atoms in total. The number of nitriles is 1. The zero-order chi connectivity index (χ0) is 19.4. The van der Waals surface area contributed by atoms with Crippen LogP contribution in [0.3, 0.4) is 0 Å². The molecule has 0 saturated carbocycles. The van der Waals surface area contributed by atoms with Gasteiger partial charge in [-0.15, -0.1) is 0 Å². The summed E-state index contributed by atoms with van der Waals surface area (Å²) in [5.74, 6) is 0.935. The molecular weight excluding hydrogens is 356 g/mol. The highest BCUT2D eigenvalue weighted by molar-refractivity contribution is 7.98. The fourth-order valence-corrected chi connectivity index (χ4v) is 3.16. The lowest BCUT2D eigenvalue weighted by Crippen LogP contribution is -2.06. The van der Waals surface area contributed by atoms with E-state index in [-0.39, 0.29) is 0 Å². The Bertz CT molecular complexity index is 985. The SMILES string of the molecule is CSc1nc(Nc2ccc(C#N)cc2)nc(Nc2c(C)cc(C)cc2C)n1. The molecule has 136 valence electrons. The molecule has 0 aliphatic carbocycles. The lowest BCUT2D eigenvalue weighted by molar-refractivity contribution is 0.921. The molecule has 0 aliphatic rings. The van der Waals surface area contributed by atoms with Crippen molar-refractivity contribution in [3.05, 3.63) is 58.7 Å². The first-order valence-electron chi connectivity index (χ1n) is 8.40. The van der Waals surface area contributed by atoms with Gasteiger partial charge in [-0.2, -0.15) is 20.2 Å². The number of hydrogen-bond acceptors (Lipinski definition) is 7. The van der Waals surface area contributed by atoms with Crippen molar-refractivity contribution >= 4 is 35.0 Å². The maximum atomic E-state index is 8.91. The standard InChI is InChI=1S/C20H20N6S/c1-12-9-13(2)17(14(3)10-12)23-19-24-18(25-20(26-19)27-4)22-16-7-5-15(11-21)6-8-16/h5-10H,1-4H3,(H2,22,23,24,25,26). The summed E-state index contributed by atoms with van der Waals surface area (Å²) in [6, 6.07) is 13.5. The van der Waals surface area contributed by atoms with Crippen LogP contribution in [0.1, 0.15) is 22.3 Å². The maximum Gasteiger partial charge on any atom is 0.233 e. The molecule has 0 radical (unpaired) electrons. The first-order chi connectivity index (χ1) is 13.0. The summed E-state index contributed by atoms with van der Waals surface area (Å²) in [5, 5.41) is 16.0. The number of nitrogens with zero attached hydrogens (tertiary/aromatic N) is 4. The first-order valence-corrected chi connectivity index (χ1v) is 9.63. The van der Waals surface area contributed by atoms with Gasteiger partial charge in [-0.1, -0.05) is 29.5 Å². The minimum Gasteiger partial charge on any atom is -0.324 e. The van der Waals surface area contributed by atoms with Gasteiger partial charge in [0.1, 0.15) is 0 Å². The summed E-state index contributed by atoms with van der Waals surface area (Å²) in [6.07, 6.45) is 1.92. The minimum absolute atomic E-state index is 0.448. The van der Waals surface area contributed by atoms with E-state index in [0.29, 0.717) is 22.6 Å². The molecule has 1 heterocycles. The van der Waals surface area contributed by atoms with Crippen LogP contribution in [-0.2, 0) is 0 Å². The van der Waals surface area contributed by atoms with E-state index < -0.39 is 0 Å². The predicted octanol–water partition coefficient (Wildman–Crippen LogP) is 4.88. The number of thioether (sulfide) groups is 1. The van der Waals surface area contributed by atoms with Crippen LogP contribution >= 0.6 is 11.8 Å². The van der Waals surface area contributed by atoms with Crippen molar-refractivity contribution in [1.29, 1.82) is 5.26 Å². The van der Waals surface area contributed by atoms with E-state index in [9.17, 15) is 0 Å². The molecule has 0 amide bonds. The third-order valence-corrected chi connectivity index (χ3v) is 4.53. The molecule has 0 bridgehead atoms. The van der Waals surface area contributed by atoms with Gasteiger partial charge >= 0.3 is 0 Å². The molecule has 0 aliphatic heterocycles. The van der Waals surface area contributed by atoms with Gasteiger partial charge in [-0.3, -0.25) is 0 Å². The van der Waals surface area contributed by atoms with Crippen LogP contribution in [0.5, 0.6) is 0 Å². The zero-order valence-corrected chi connectivity index (χ0v) is 16.5. The average molecular weight is 376 g/mol. The van der Waals surface area contributed by atoms with Gasteiger partial charge in [-0.05, 0) is 62.4 Å². The maximum absolute atomic E-state index is 8.91. The number of anilines is 4. The molecule has 7 heteroatoms. The molecular formula is C20H20N6S. The Morgan fingerprint density at radius 3 is 2.04 bits per heavy atom. The van der Waals surface area contributed by atoms with Crippen molar-refractivity contribution in [2.45, 2.75) is 25.9 Å². The highest BCUT2D eigenvalue weighted by atomic mass is 32.2. The van der Waals surface area contributed by atoms with E-state index in [2.05, 4.69) is 64.6 Å². The van der Waals surface area contributed by atoms with E-state index in [1.807, 2.05) is 18.4 Å². The second-order valence-electron chi connectivity index (χ2n) is 6.18. The Balaban J connectivity index is 1.90. The van der Waals surface area contributed by atoms with Gasteiger partial charge in [0.15, 0.2) is 5.16 Å². The van der Waals surface area contributed by atoms with Crippen LogP contribution in [-0.4, -0.2) is 21.2 Å². The van der Waals surface area contributed by atoms with Crippen LogP contribution in [0, 0.1) is 32.1 Å². The molecule has 1 aromatic heterocycles. The Hall–Kier alpha value is -3.11. The Morgan fingerprint density at radius 1 is 0.889 bits per heavy atom. The van der Waals surface area contributed by atoms with E-state index in [0.717, 1.165) is 22.5 Å². The number of rotatable bonds is 5. The van der Waals surface area contributed by atoms with Crippen molar-refractivity contribution in [2.75, 3.05) is 16.9 Å². The topological polar surface area (TPSA) is 86.5 Å².